The first-order valence-electron chi connectivity index (χ1n) is 4.47. The van der Waals surface area contributed by atoms with Gasteiger partial charge < -0.3 is 4.74 Å². The number of hydrogen-bond donors (Lipinski definition) is 0. The molecule has 1 nitrogen and oxygen atoms in total. The zero-order chi connectivity index (χ0) is 8.69. The van der Waals surface area contributed by atoms with Crippen LogP contribution in [0, 0.1) is 5.92 Å². The molecule has 0 fully saturated rings. The quantitative estimate of drug-likeness (QED) is 0.424. The van der Waals surface area contributed by atoms with Gasteiger partial charge in [-0.3, -0.25) is 0 Å². The Labute approximate surface area is 70.4 Å². The van der Waals surface area contributed by atoms with Crippen LogP contribution in [0.3, 0.4) is 0 Å². The van der Waals surface area contributed by atoms with Gasteiger partial charge in [0.2, 0.25) is 0 Å². The first kappa shape index (κ1) is 10.7. The molecule has 0 spiro atoms. The van der Waals surface area contributed by atoms with Crippen LogP contribution in [0.5, 0.6) is 0 Å². The van der Waals surface area contributed by atoms with Gasteiger partial charge in [-0.15, -0.1) is 0 Å². The Bertz CT molecular complexity index is 107. The van der Waals surface area contributed by atoms with Gasteiger partial charge in [0.05, 0.1) is 6.61 Å². The fourth-order valence-electron chi connectivity index (χ4n) is 0.883. The van der Waals surface area contributed by atoms with Crippen LogP contribution in [-0.4, -0.2) is 13.2 Å². The zero-order valence-electron chi connectivity index (χ0n) is 8.02. The third-order valence-electron chi connectivity index (χ3n) is 2.08. The fourth-order valence-corrected chi connectivity index (χ4v) is 0.883. The molecule has 0 heterocycles. The topological polar surface area (TPSA) is 9.23 Å². The molecule has 11 heavy (non-hydrogen) atoms. The standard InChI is InChI=1S/C10H20O/c1-5-9(3)10(4)7-8-11-6-2/h9H,4-8H2,1-3H3. The molecule has 0 aliphatic carbocycles. The minimum Gasteiger partial charge on any atom is -0.381 e. The summed E-state index contributed by atoms with van der Waals surface area (Å²) >= 11 is 0. The Balaban J connectivity index is 3.36. The molecule has 0 amide bonds. The normalized spacial score (nSPS) is 13.0. The van der Waals surface area contributed by atoms with Crippen LogP contribution in [0.4, 0.5) is 0 Å². The molecular formula is C10H20O. The van der Waals surface area contributed by atoms with Crippen LogP contribution in [0.15, 0.2) is 12.2 Å². The Morgan fingerprint density at radius 1 is 1.45 bits per heavy atom. The van der Waals surface area contributed by atoms with E-state index < -0.39 is 0 Å². The first-order chi connectivity index (χ1) is 5.22. The molecule has 0 aliphatic heterocycles. The van der Waals surface area contributed by atoms with Gasteiger partial charge in [-0.1, -0.05) is 26.0 Å². The van der Waals surface area contributed by atoms with Crippen molar-refractivity contribution in [2.75, 3.05) is 13.2 Å². The van der Waals surface area contributed by atoms with Crippen molar-refractivity contribution in [3.05, 3.63) is 12.2 Å². The first-order valence-corrected chi connectivity index (χ1v) is 4.47. The third-order valence-corrected chi connectivity index (χ3v) is 2.08. The average Bonchev–Trinajstić information content (AvgIpc) is 2.03. The Kier molecular flexibility index (Phi) is 6.24. The summed E-state index contributed by atoms with van der Waals surface area (Å²) in [7, 11) is 0. The van der Waals surface area contributed by atoms with Crippen molar-refractivity contribution in [1.29, 1.82) is 0 Å². The van der Waals surface area contributed by atoms with Gasteiger partial charge in [0.1, 0.15) is 0 Å². The third kappa shape index (κ3) is 5.02. The maximum atomic E-state index is 5.24. The number of ether oxygens (including phenoxy) is 1. The van der Waals surface area contributed by atoms with Gasteiger partial charge in [0.15, 0.2) is 0 Å². The van der Waals surface area contributed by atoms with Crippen LogP contribution in [0.2, 0.25) is 0 Å². The van der Waals surface area contributed by atoms with E-state index in [-0.39, 0.29) is 0 Å². The number of hydrogen-bond acceptors (Lipinski definition) is 1. The van der Waals surface area contributed by atoms with Crippen molar-refractivity contribution in [2.45, 2.75) is 33.6 Å². The van der Waals surface area contributed by atoms with Crippen molar-refractivity contribution < 1.29 is 4.74 Å². The van der Waals surface area contributed by atoms with Gasteiger partial charge in [-0.25, -0.2) is 0 Å². The second-order valence-corrected chi connectivity index (χ2v) is 2.91. The highest BCUT2D eigenvalue weighted by molar-refractivity contribution is 4.98. The van der Waals surface area contributed by atoms with Gasteiger partial charge in [0.25, 0.3) is 0 Å². The summed E-state index contributed by atoms with van der Waals surface area (Å²) in [5, 5.41) is 0. The molecule has 1 heteroatoms. The van der Waals surface area contributed by atoms with E-state index in [0.29, 0.717) is 5.92 Å². The predicted molar refractivity (Wildman–Crippen MR) is 49.7 cm³/mol. The zero-order valence-corrected chi connectivity index (χ0v) is 8.02. The summed E-state index contributed by atoms with van der Waals surface area (Å²) < 4.78 is 5.24. The van der Waals surface area contributed by atoms with Gasteiger partial charge in [-0.2, -0.15) is 0 Å². The van der Waals surface area contributed by atoms with Crippen LogP contribution in [0.25, 0.3) is 0 Å². The van der Waals surface area contributed by atoms with Crippen molar-refractivity contribution in [3.63, 3.8) is 0 Å². The summed E-state index contributed by atoms with van der Waals surface area (Å²) in [5.74, 6) is 0.649. The molecule has 0 N–H and O–H groups in total. The number of rotatable bonds is 6. The van der Waals surface area contributed by atoms with Crippen molar-refractivity contribution in [2.24, 2.45) is 5.92 Å². The highest BCUT2D eigenvalue weighted by Crippen LogP contribution is 2.15. The lowest BCUT2D eigenvalue weighted by molar-refractivity contribution is 0.149. The lowest BCUT2D eigenvalue weighted by Gasteiger charge is -2.11. The van der Waals surface area contributed by atoms with E-state index in [0.717, 1.165) is 19.6 Å². The van der Waals surface area contributed by atoms with Crippen molar-refractivity contribution in [1.82, 2.24) is 0 Å². The van der Waals surface area contributed by atoms with Crippen molar-refractivity contribution in [3.8, 4) is 0 Å². The van der Waals surface area contributed by atoms with E-state index in [1.165, 1.54) is 12.0 Å². The molecule has 0 saturated carbocycles. The minimum atomic E-state index is 0.649. The fraction of sp³-hybridized carbons (Fsp3) is 0.800. The second kappa shape index (κ2) is 6.41. The van der Waals surface area contributed by atoms with Crippen LogP contribution in [0.1, 0.15) is 33.6 Å². The highest BCUT2D eigenvalue weighted by atomic mass is 16.5. The molecule has 0 aliphatic rings. The highest BCUT2D eigenvalue weighted by Gasteiger charge is 2.02. The van der Waals surface area contributed by atoms with E-state index in [2.05, 4.69) is 20.4 Å². The van der Waals surface area contributed by atoms with E-state index in [1.54, 1.807) is 0 Å². The molecule has 0 saturated heterocycles. The minimum absolute atomic E-state index is 0.649. The van der Waals surface area contributed by atoms with E-state index in [1.807, 2.05) is 6.92 Å². The molecular weight excluding hydrogens is 136 g/mol. The molecule has 0 aromatic heterocycles. The lowest BCUT2D eigenvalue weighted by atomic mass is 9.98. The van der Waals surface area contributed by atoms with E-state index in [4.69, 9.17) is 4.74 Å². The predicted octanol–water partition coefficient (Wildman–Crippen LogP) is 3.02. The smallest absolute Gasteiger partial charge is 0.0503 e. The molecule has 0 aromatic rings. The molecule has 66 valence electrons. The Morgan fingerprint density at radius 2 is 2.09 bits per heavy atom. The SMILES string of the molecule is C=C(CCOCC)C(C)CC. The summed E-state index contributed by atoms with van der Waals surface area (Å²) in [6.45, 7) is 12.1. The summed E-state index contributed by atoms with van der Waals surface area (Å²) in [4.78, 5) is 0. The van der Waals surface area contributed by atoms with Gasteiger partial charge in [-0.05, 0) is 25.7 Å². The molecule has 1 atom stereocenters. The van der Waals surface area contributed by atoms with Gasteiger partial charge in [0, 0.05) is 6.61 Å². The van der Waals surface area contributed by atoms with E-state index in [9.17, 15) is 0 Å². The Morgan fingerprint density at radius 3 is 2.55 bits per heavy atom. The van der Waals surface area contributed by atoms with Crippen molar-refractivity contribution >= 4 is 0 Å². The van der Waals surface area contributed by atoms with Crippen LogP contribution in [-0.2, 0) is 4.74 Å². The molecule has 0 bridgehead atoms. The average molecular weight is 156 g/mol. The Hall–Kier alpha value is -0.300. The molecule has 1 unspecified atom stereocenters. The summed E-state index contributed by atoms with van der Waals surface area (Å²) in [5.41, 5.74) is 1.32. The largest absolute Gasteiger partial charge is 0.381 e. The van der Waals surface area contributed by atoms with Crippen LogP contribution < -0.4 is 0 Å². The monoisotopic (exact) mass is 156 g/mol. The molecule has 0 radical (unpaired) electrons. The molecule has 0 rings (SSSR count). The second-order valence-electron chi connectivity index (χ2n) is 2.91. The summed E-state index contributed by atoms with van der Waals surface area (Å²) in [6, 6.07) is 0. The molecule has 0 aromatic carbocycles. The lowest BCUT2D eigenvalue weighted by Crippen LogP contribution is -2.01. The van der Waals surface area contributed by atoms with E-state index >= 15 is 0 Å². The summed E-state index contributed by atoms with van der Waals surface area (Å²) in [6.07, 6.45) is 2.20. The maximum Gasteiger partial charge on any atom is 0.0503 e. The maximum absolute atomic E-state index is 5.24. The van der Waals surface area contributed by atoms with Gasteiger partial charge >= 0.3 is 0 Å². The van der Waals surface area contributed by atoms with Crippen LogP contribution >= 0.6 is 0 Å².